The maximum absolute atomic E-state index is 13.9. The number of carbonyl (C=O) groups excluding carboxylic acids is 2. The zero-order chi connectivity index (χ0) is 31.8. The number of benzene rings is 3. The second kappa shape index (κ2) is 14.9. The van der Waals surface area contributed by atoms with Crippen molar-refractivity contribution in [3.63, 3.8) is 0 Å². The van der Waals surface area contributed by atoms with Gasteiger partial charge in [0, 0.05) is 36.5 Å². The van der Waals surface area contributed by atoms with Crippen LogP contribution in [0.3, 0.4) is 0 Å². The van der Waals surface area contributed by atoms with E-state index in [1.165, 1.54) is 17.5 Å². The zero-order valence-electron chi connectivity index (χ0n) is 25.1. The molecule has 1 atom stereocenters. The summed E-state index contributed by atoms with van der Waals surface area (Å²) >= 11 is 12.5. The highest BCUT2D eigenvalue weighted by atomic mass is 35.5. The van der Waals surface area contributed by atoms with Crippen LogP contribution in [0.4, 0.5) is 5.69 Å². The number of hydrogen-bond acceptors (Lipinski definition) is 5. The number of sulfonamides is 1. The van der Waals surface area contributed by atoms with Crippen LogP contribution in [0.15, 0.2) is 72.8 Å². The molecule has 3 rings (SSSR count). The predicted molar refractivity (Wildman–Crippen MR) is 173 cm³/mol. The number of ether oxygens (including phenoxy) is 1. The highest BCUT2D eigenvalue weighted by Crippen LogP contribution is 2.30. The standard InChI is InChI=1S/C32H39Cl2N3O5S/c1-32(2,3)35-31(39)28(20-23-11-7-6-8-12-23)36(22-24-13-9-14-25(33)19-24)30(38)15-10-18-37(43(5,40)41)26-16-17-29(42-4)27(34)21-26/h6-9,11-14,16-17,19,21,28H,10,15,18,20,22H2,1-5H3,(H,35,39)/t28-/m1/s1. The van der Waals surface area contributed by atoms with Crippen molar-refractivity contribution in [3.05, 3.63) is 94.0 Å². The van der Waals surface area contributed by atoms with Crippen LogP contribution in [-0.4, -0.2) is 56.6 Å². The average Bonchev–Trinajstić information content (AvgIpc) is 2.92. The summed E-state index contributed by atoms with van der Waals surface area (Å²) in [7, 11) is -2.21. The van der Waals surface area contributed by atoms with E-state index in [1.54, 1.807) is 35.2 Å². The first kappa shape index (κ1) is 34.2. The highest BCUT2D eigenvalue weighted by molar-refractivity contribution is 7.92. The first-order valence-electron chi connectivity index (χ1n) is 13.9. The lowest BCUT2D eigenvalue weighted by Gasteiger charge is -2.34. The Morgan fingerprint density at radius 1 is 0.953 bits per heavy atom. The summed E-state index contributed by atoms with van der Waals surface area (Å²) in [5, 5.41) is 3.82. The summed E-state index contributed by atoms with van der Waals surface area (Å²) < 4.78 is 31.8. The SMILES string of the molecule is COc1ccc(N(CCCC(=O)N(Cc2cccc(Cl)c2)[C@H](Cc2ccccc2)C(=O)NC(C)(C)C)S(C)(=O)=O)cc1Cl. The lowest BCUT2D eigenvalue weighted by molar-refractivity contribution is -0.142. The molecule has 0 heterocycles. The Hall–Kier alpha value is -3.27. The van der Waals surface area contributed by atoms with Gasteiger partial charge in [0.2, 0.25) is 21.8 Å². The van der Waals surface area contributed by atoms with Gasteiger partial charge < -0.3 is 15.0 Å². The minimum Gasteiger partial charge on any atom is -0.495 e. The number of anilines is 1. The number of carbonyl (C=O) groups is 2. The second-order valence-electron chi connectivity index (χ2n) is 11.4. The van der Waals surface area contributed by atoms with E-state index < -0.39 is 21.6 Å². The summed E-state index contributed by atoms with van der Waals surface area (Å²) in [5.74, 6) is -0.146. The molecule has 0 saturated heterocycles. The predicted octanol–water partition coefficient (Wildman–Crippen LogP) is 6.10. The molecule has 0 saturated carbocycles. The Morgan fingerprint density at radius 3 is 2.21 bits per heavy atom. The molecule has 0 spiro atoms. The van der Waals surface area contributed by atoms with Crippen LogP contribution in [0.2, 0.25) is 10.0 Å². The maximum Gasteiger partial charge on any atom is 0.243 e. The normalized spacial score (nSPS) is 12.3. The van der Waals surface area contributed by atoms with Crippen molar-refractivity contribution in [1.29, 1.82) is 0 Å². The van der Waals surface area contributed by atoms with E-state index in [1.807, 2.05) is 57.2 Å². The summed E-state index contributed by atoms with van der Waals surface area (Å²) in [6, 6.07) is 20.6. The highest BCUT2D eigenvalue weighted by Gasteiger charge is 2.32. The van der Waals surface area contributed by atoms with Crippen molar-refractivity contribution < 1.29 is 22.7 Å². The van der Waals surface area contributed by atoms with E-state index in [2.05, 4.69) is 5.32 Å². The van der Waals surface area contributed by atoms with Crippen LogP contribution >= 0.6 is 23.2 Å². The van der Waals surface area contributed by atoms with E-state index in [-0.39, 0.29) is 42.8 Å². The molecule has 3 aromatic rings. The van der Waals surface area contributed by atoms with Crippen LogP contribution in [-0.2, 0) is 32.6 Å². The Labute approximate surface area is 265 Å². The minimum atomic E-state index is -3.69. The molecule has 3 aromatic carbocycles. The van der Waals surface area contributed by atoms with Gasteiger partial charge in [-0.1, -0.05) is 65.7 Å². The van der Waals surface area contributed by atoms with E-state index in [9.17, 15) is 18.0 Å². The third-order valence-electron chi connectivity index (χ3n) is 6.59. The van der Waals surface area contributed by atoms with Crippen molar-refractivity contribution >= 4 is 50.7 Å². The summed E-state index contributed by atoms with van der Waals surface area (Å²) in [5.41, 5.74) is 1.52. The smallest absolute Gasteiger partial charge is 0.243 e. The molecular formula is C32H39Cl2N3O5S. The molecule has 0 aromatic heterocycles. The largest absolute Gasteiger partial charge is 0.495 e. The van der Waals surface area contributed by atoms with Crippen LogP contribution in [0.5, 0.6) is 5.75 Å². The van der Waals surface area contributed by atoms with Gasteiger partial charge >= 0.3 is 0 Å². The van der Waals surface area contributed by atoms with Gasteiger partial charge in [0.15, 0.2) is 0 Å². The molecule has 8 nitrogen and oxygen atoms in total. The molecule has 43 heavy (non-hydrogen) atoms. The Balaban J connectivity index is 1.91. The topological polar surface area (TPSA) is 96.0 Å². The first-order chi connectivity index (χ1) is 20.2. The quantitative estimate of drug-likeness (QED) is 0.242. The van der Waals surface area contributed by atoms with E-state index in [0.717, 1.165) is 17.4 Å². The Bertz CT molecular complexity index is 1510. The van der Waals surface area contributed by atoms with Gasteiger partial charge in [-0.3, -0.25) is 13.9 Å². The van der Waals surface area contributed by atoms with Crippen LogP contribution in [0.25, 0.3) is 0 Å². The maximum atomic E-state index is 13.9. The number of rotatable bonds is 13. The number of hydrogen-bond donors (Lipinski definition) is 1. The molecule has 0 unspecified atom stereocenters. The van der Waals surface area contributed by atoms with Gasteiger partial charge in [-0.2, -0.15) is 0 Å². The average molecular weight is 649 g/mol. The van der Waals surface area contributed by atoms with Crippen molar-refractivity contribution in [2.75, 3.05) is 24.2 Å². The summed E-state index contributed by atoms with van der Waals surface area (Å²) in [6.45, 7) is 5.85. The monoisotopic (exact) mass is 647 g/mol. The molecule has 232 valence electrons. The van der Waals surface area contributed by atoms with Crippen LogP contribution < -0.4 is 14.4 Å². The molecule has 0 aliphatic heterocycles. The number of nitrogens with zero attached hydrogens (tertiary/aromatic N) is 2. The molecule has 11 heteroatoms. The first-order valence-corrected chi connectivity index (χ1v) is 16.5. The molecule has 0 fully saturated rings. The van der Waals surface area contributed by atoms with Crippen LogP contribution in [0, 0.1) is 0 Å². The fraction of sp³-hybridized carbons (Fsp3) is 0.375. The zero-order valence-corrected chi connectivity index (χ0v) is 27.5. The van der Waals surface area contributed by atoms with E-state index in [4.69, 9.17) is 27.9 Å². The van der Waals surface area contributed by atoms with Crippen molar-refractivity contribution in [2.45, 2.75) is 58.2 Å². The molecule has 0 radical (unpaired) electrons. The summed E-state index contributed by atoms with van der Waals surface area (Å²) in [4.78, 5) is 29.2. The van der Waals surface area contributed by atoms with Gasteiger partial charge in [0.1, 0.15) is 11.8 Å². The molecule has 0 bridgehead atoms. The molecule has 0 aliphatic carbocycles. The van der Waals surface area contributed by atoms with Crippen molar-refractivity contribution in [3.8, 4) is 5.75 Å². The fourth-order valence-corrected chi connectivity index (χ4v) is 6.08. The van der Waals surface area contributed by atoms with E-state index in [0.29, 0.717) is 22.9 Å². The third-order valence-corrected chi connectivity index (χ3v) is 8.31. The van der Waals surface area contributed by atoms with Gasteiger partial charge in [-0.25, -0.2) is 8.42 Å². The second-order valence-corrected chi connectivity index (χ2v) is 14.1. The fourth-order valence-electron chi connectivity index (χ4n) is 4.65. The number of nitrogens with one attached hydrogen (secondary N) is 1. The lowest BCUT2D eigenvalue weighted by atomic mass is 10.00. The van der Waals surface area contributed by atoms with Crippen LogP contribution in [0.1, 0.15) is 44.7 Å². The number of methoxy groups -OCH3 is 1. The van der Waals surface area contributed by atoms with Gasteiger partial charge in [0.25, 0.3) is 0 Å². The van der Waals surface area contributed by atoms with Crippen molar-refractivity contribution in [1.82, 2.24) is 10.2 Å². The number of halogens is 2. The minimum absolute atomic E-state index is 0.00452. The Kier molecular flexibility index (Phi) is 11.9. The third kappa shape index (κ3) is 10.4. The molecule has 2 amide bonds. The van der Waals surface area contributed by atoms with Gasteiger partial charge in [-0.15, -0.1) is 0 Å². The van der Waals surface area contributed by atoms with Gasteiger partial charge in [0.05, 0.1) is 24.1 Å². The Morgan fingerprint density at radius 2 is 1.63 bits per heavy atom. The molecule has 0 aliphatic rings. The van der Waals surface area contributed by atoms with E-state index >= 15 is 0 Å². The number of amides is 2. The van der Waals surface area contributed by atoms with Gasteiger partial charge in [-0.05, 0) is 68.7 Å². The lowest BCUT2D eigenvalue weighted by Crippen LogP contribution is -2.54. The molecular weight excluding hydrogens is 609 g/mol. The van der Waals surface area contributed by atoms with Crippen molar-refractivity contribution in [2.24, 2.45) is 0 Å². The molecule has 1 N–H and O–H groups in total. The summed E-state index contributed by atoms with van der Waals surface area (Å²) in [6.07, 6.45) is 1.62.